The monoisotopic (exact) mass is 746 g/mol. The predicted octanol–water partition coefficient (Wildman–Crippen LogP) is 6.95. The van der Waals surface area contributed by atoms with Gasteiger partial charge in [-0.15, -0.1) is 0 Å². The maximum atomic E-state index is 6.01. The van der Waals surface area contributed by atoms with E-state index >= 15 is 0 Å². The Hall–Kier alpha value is -3.39. The molecule has 2 aromatic carbocycles. The van der Waals surface area contributed by atoms with Crippen molar-refractivity contribution in [1.29, 1.82) is 0 Å². The molecule has 3 fully saturated rings. The van der Waals surface area contributed by atoms with Crippen LogP contribution in [0.15, 0.2) is 47.3 Å². The number of fused-ring (bicyclic) bond motifs is 1. The van der Waals surface area contributed by atoms with E-state index in [9.17, 15) is 0 Å². The Balaban J connectivity index is 1.14. The number of likely N-dealkylation sites (N-methyl/N-ethyl adjacent to an activating group) is 1. The Morgan fingerprint density at radius 1 is 0.959 bits per heavy atom. The Kier molecular flexibility index (Phi) is 10.6. The minimum atomic E-state index is 0.487. The van der Waals surface area contributed by atoms with E-state index in [1.165, 1.54) is 63.1 Å². The number of rotatable bonds is 12. The van der Waals surface area contributed by atoms with Crippen LogP contribution < -0.4 is 24.6 Å². The average molecular weight is 748 g/mol. The summed E-state index contributed by atoms with van der Waals surface area (Å²) in [7, 11) is 3.98. The number of nitrogens with one attached hydrogen (secondary N) is 2. The maximum absolute atomic E-state index is 6.01. The fourth-order valence-electron chi connectivity index (χ4n) is 7.15. The van der Waals surface area contributed by atoms with Gasteiger partial charge >= 0.3 is 0 Å². The highest BCUT2D eigenvalue weighted by atomic mass is 79.9. The van der Waals surface area contributed by atoms with Gasteiger partial charge in [0.1, 0.15) is 17.1 Å². The average Bonchev–Trinajstić information content (AvgIpc) is 3.95. The van der Waals surface area contributed by atoms with Gasteiger partial charge in [-0.3, -0.25) is 14.9 Å². The summed E-state index contributed by atoms with van der Waals surface area (Å²) in [5.41, 5.74) is 7.10. The highest BCUT2D eigenvalue weighted by Gasteiger charge is 2.30. The van der Waals surface area contributed by atoms with E-state index in [1.807, 2.05) is 12.1 Å². The third kappa shape index (κ3) is 7.69. The second-order valence-electron chi connectivity index (χ2n) is 13.3. The smallest absolute Gasteiger partial charge is 0.229 e. The summed E-state index contributed by atoms with van der Waals surface area (Å²) in [5, 5.41) is 7.07. The van der Waals surface area contributed by atoms with E-state index in [-0.39, 0.29) is 0 Å². The van der Waals surface area contributed by atoms with Crippen LogP contribution in [0.2, 0.25) is 0 Å². The van der Waals surface area contributed by atoms with Gasteiger partial charge in [0.05, 0.1) is 34.2 Å². The van der Waals surface area contributed by atoms with Gasteiger partial charge in [-0.1, -0.05) is 11.9 Å². The van der Waals surface area contributed by atoms with Crippen LogP contribution >= 0.6 is 27.9 Å². The van der Waals surface area contributed by atoms with Gasteiger partial charge in [0.15, 0.2) is 0 Å². The van der Waals surface area contributed by atoms with Crippen molar-refractivity contribution in [2.45, 2.75) is 45.1 Å². The molecule has 1 saturated carbocycles. The molecule has 0 radical (unpaired) electrons. The number of hydrogen-bond acceptors (Lipinski definition) is 12. The molecule has 7 rings (SSSR count). The number of halogens is 1. The number of nitrogens with zero attached hydrogens (tertiary/aromatic N) is 8. The van der Waals surface area contributed by atoms with E-state index in [0.717, 1.165) is 70.3 Å². The van der Waals surface area contributed by atoms with Gasteiger partial charge in [0.25, 0.3) is 0 Å². The maximum Gasteiger partial charge on any atom is 0.229 e. The normalized spacial score (nSPS) is 17.8. The van der Waals surface area contributed by atoms with Gasteiger partial charge in [-0.2, -0.15) is 4.98 Å². The van der Waals surface area contributed by atoms with Gasteiger partial charge < -0.3 is 29.5 Å². The Labute approximate surface area is 302 Å². The first kappa shape index (κ1) is 34.1. The van der Waals surface area contributed by atoms with Crippen LogP contribution in [-0.2, 0) is 6.42 Å². The molecule has 4 aromatic rings. The van der Waals surface area contributed by atoms with E-state index in [1.54, 1.807) is 37.6 Å². The number of piperidine rings is 1. The molecule has 2 aromatic heterocycles. The molecular formula is C36H47BrN10OS. The Bertz CT molecular complexity index is 1750. The number of piperazine rings is 1. The molecule has 11 nitrogen and oxygen atoms in total. The van der Waals surface area contributed by atoms with Crippen molar-refractivity contribution in [2.24, 2.45) is 5.92 Å². The number of methoxy groups -OCH3 is 1. The molecule has 13 heteroatoms. The van der Waals surface area contributed by atoms with Crippen molar-refractivity contribution in [2.75, 3.05) is 86.1 Å². The lowest BCUT2D eigenvalue weighted by Crippen LogP contribution is -2.52. The summed E-state index contributed by atoms with van der Waals surface area (Å²) in [5.74, 6) is 2.69. The van der Waals surface area contributed by atoms with Crippen molar-refractivity contribution in [3.8, 4) is 5.75 Å². The molecule has 2 saturated heterocycles. The first-order valence-corrected chi connectivity index (χ1v) is 19.4. The highest BCUT2D eigenvalue weighted by molar-refractivity contribution is 9.10. The van der Waals surface area contributed by atoms with Crippen molar-refractivity contribution in [3.05, 3.63) is 52.9 Å². The number of aromatic nitrogens is 4. The molecule has 0 unspecified atom stereocenters. The van der Waals surface area contributed by atoms with Crippen molar-refractivity contribution in [1.82, 2.24) is 29.7 Å². The van der Waals surface area contributed by atoms with Crippen molar-refractivity contribution < 1.29 is 4.74 Å². The third-order valence-electron chi connectivity index (χ3n) is 10.1. The van der Waals surface area contributed by atoms with Crippen LogP contribution in [0.25, 0.3) is 11.0 Å². The molecule has 2 aliphatic heterocycles. The Morgan fingerprint density at radius 2 is 1.73 bits per heavy atom. The van der Waals surface area contributed by atoms with Crippen molar-refractivity contribution in [3.63, 3.8) is 0 Å². The lowest BCUT2D eigenvalue weighted by molar-refractivity contribution is 0.0982. The van der Waals surface area contributed by atoms with Crippen LogP contribution in [0.3, 0.4) is 0 Å². The number of anilines is 6. The highest BCUT2D eigenvalue weighted by Crippen LogP contribution is 2.42. The molecule has 2 N–H and O–H groups in total. The molecule has 0 atom stereocenters. The largest absolute Gasteiger partial charge is 0.494 e. The van der Waals surface area contributed by atoms with Gasteiger partial charge in [0, 0.05) is 88.5 Å². The topological polar surface area (TPSA) is 97.8 Å². The zero-order chi connectivity index (χ0) is 33.9. The lowest BCUT2D eigenvalue weighted by Gasteiger charge is -2.43. The standard InChI is InChI=1S/C36H47BrN10OS/c1-5-47(49-4)34-29(9-8-28-33(34)39-13-12-38-28)41-35-27(37)23-40-36(43-35)42-30-21-25(20-24-6-7-24)31(22-32(30)48-3)46-14-10-26(11-15-46)45-18-16-44(2)17-19-45/h8-9,12-13,21-24,26H,5-7,10-11,14-20H2,1-4H3,(H2,40,41,42,43). The van der Waals surface area contributed by atoms with E-state index in [0.29, 0.717) is 17.8 Å². The molecule has 3 aliphatic rings. The summed E-state index contributed by atoms with van der Waals surface area (Å²) in [6.45, 7) is 9.79. The fourth-order valence-corrected chi connectivity index (χ4v) is 8.06. The Morgan fingerprint density at radius 3 is 2.45 bits per heavy atom. The number of ether oxygens (including phenoxy) is 1. The summed E-state index contributed by atoms with van der Waals surface area (Å²) >= 11 is 5.33. The molecule has 0 amide bonds. The van der Waals surface area contributed by atoms with Gasteiger partial charge in [-0.05, 0) is 91.7 Å². The second kappa shape index (κ2) is 15.2. The first-order valence-electron chi connectivity index (χ1n) is 17.4. The molecule has 260 valence electrons. The van der Waals surface area contributed by atoms with Gasteiger partial charge in [-0.25, -0.2) is 4.98 Å². The zero-order valence-corrected chi connectivity index (χ0v) is 31.4. The van der Waals surface area contributed by atoms with Crippen LogP contribution in [0, 0.1) is 5.92 Å². The van der Waals surface area contributed by atoms with Crippen LogP contribution in [-0.4, -0.2) is 102 Å². The minimum Gasteiger partial charge on any atom is -0.494 e. The summed E-state index contributed by atoms with van der Waals surface area (Å²) < 4.78 is 8.97. The van der Waals surface area contributed by atoms with Crippen LogP contribution in [0.4, 0.5) is 34.5 Å². The SMILES string of the molecule is CCN(SC)c1c(Nc2nc(Nc3cc(CC4CC4)c(N4CCC(N5CCN(C)CC5)CC4)cc3OC)ncc2Br)ccc2nccnc12. The summed E-state index contributed by atoms with van der Waals surface area (Å²) in [6, 6.07) is 9.21. The quantitative estimate of drug-likeness (QED) is 0.147. The lowest BCUT2D eigenvalue weighted by atomic mass is 9.98. The molecule has 1 aliphatic carbocycles. The van der Waals surface area contributed by atoms with E-state index in [4.69, 9.17) is 9.72 Å². The summed E-state index contributed by atoms with van der Waals surface area (Å²) in [4.78, 5) is 26.5. The molecule has 0 bridgehead atoms. The molecule has 49 heavy (non-hydrogen) atoms. The molecule has 4 heterocycles. The number of hydrogen-bond donors (Lipinski definition) is 2. The summed E-state index contributed by atoms with van der Waals surface area (Å²) in [6.07, 6.45) is 13.4. The third-order valence-corrected chi connectivity index (χ3v) is 11.5. The van der Waals surface area contributed by atoms with Crippen LogP contribution in [0.5, 0.6) is 5.75 Å². The number of benzene rings is 2. The second-order valence-corrected chi connectivity index (χ2v) is 14.9. The van der Waals surface area contributed by atoms with Crippen LogP contribution in [0.1, 0.15) is 38.2 Å². The van der Waals surface area contributed by atoms with Crippen molar-refractivity contribution >= 4 is 73.4 Å². The molecule has 0 spiro atoms. The van der Waals surface area contributed by atoms with E-state index in [2.05, 4.69) is 92.9 Å². The van der Waals surface area contributed by atoms with Gasteiger partial charge in [0.2, 0.25) is 5.95 Å². The fraction of sp³-hybridized carbons (Fsp3) is 0.500. The first-order chi connectivity index (χ1) is 23.9. The minimum absolute atomic E-state index is 0.487. The van der Waals surface area contributed by atoms with E-state index < -0.39 is 0 Å². The predicted molar refractivity (Wildman–Crippen MR) is 206 cm³/mol. The molecular weight excluding hydrogens is 700 g/mol. The zero-order valence-electron chi connectivity index (χ0n) is 29.0.